The summed E-state index contributed by atoms with van der Waals surface area (Å²) in [6, 6.07) is 0. The van der Waals surface area contributed by atoms with Crippen LogP contribution in [0.2, 0.25) is 0 Å². The molecule has 1 amide bonds. The maximum absolute atomic E-state index is 12.2. The van der Waals surface area contributed by atoms with Crippen LogP contribution in [0.1, 0.15) is 136 Å². The number of nitrogens with zero attached hydrogens (tertiary/aromatic N) is 1. The van der Waals surface area contributed by atoms with E-state index >= 15 is 0 Å². The van der Waals surface area contributed by atoms with E-state index in [1.54, 1.807) is 0 Å². The van der Waals surface area contributed by atoms with E-state index in [2.05, 4.69) is 13.8 Å². The van der Waals surface area contributed by atoms with Gasteiger partial charge in [-0.25, -0.2) is 0 Å². The molecule has 4 aliphatic rings. The first kappa shape index (κ1) is 31.6. The molecule has 2 N–H and O–H groups in total. The van der Waals surface area contributed by atoms with E-state index in [0.717, 1.165) is 75.2 Å². The Bertz CT molecular complexity index is 763. The van der Waals surface area contributed by atoms with Gasteiger partial charge in [0.2, 0.25) is 5.91 Å². The lowest BCUT2D eigenvalue weighted by Crippen LogP contribution is -2.53. The maximum Gasteiger partial charge on any atom is 0.222 e. The van der Waals surface area contributed by atoms with Crippen molar-refractivity contribution >= 4 is 17.5 Å². The molecule has 10 atom stereocenters. The van der Waals surface area contributed by atoms with Gasteiger partial charge in [-0.3, -0.25) is 4.79 Å². The third-order valence-electron chi connectivity index (χ3n) is 12.0. The van der Waals surface area contributed by atoms with Gasteiger partial charge in [0.25, 0.3) is 0 Å². The lowest BCUT2D eigenvalue weighted by molar-refractivity contribution is -0.130. The molecular formula is C34H60ClNO3. The third-order valence-corrected chi connectivity index (χ3v) is 12.4. The number of carbonyl (C=O) groups excluding carboxylic acids is 1. The van der Waals surface area contributed by atoms with Crippen molar-refractivity contribution in [1.29, 1.82) is 0 Å². The standard InChI is InChI=1S/C34H60ClNO3/c1-4-5-20-36(3)31(38)15-13-11-9-7-6-8-10-12-14-24-21-25-22-26(37)16-17-27(25)28-18-19-34(2)29(32(24)28)23-30(35)33(34)39/h24-30,32-33,37,39H,4-23H2,1-3H3/t24-,25?,26?,27?,28?,29?,30-,32?,33+,34+/m1/s1. The monoisotopic (exact) mass is 565 g/mol. The molecule has 4 saturated carbocycles. The molecular weight excluding hydrogens is 506 g/mol. The Labute approximate surface area is 245 Å². The lowest BCUT2D eigenvalue weighted by Gasteiger charge is -2.58. The summed E-state index contributed by atoms with van der Waals surface area (Å²) in [5.41, 5.74) is 0.00237. The Hall–Kier alpha value is -0.320. The Kier molecular flexibility index (Phi) is 11.9. The van der Waals surface area contributed by atoms with Crippen LogP contribution in [0.15, 0.2) is 0 Å². The number of aliphatic hydroxyl groups excluding tert-OH is 2. The topological polar surface area (TPSA) is 60.8 Å². The molecule has 0 radical (unpaired) electrons. The van der Waals surface area contributed by atoms with E-state index < -0.39 is 0 Å². The summed E-state index contributed by atoms with van der Waals surface area (Å²) in [7, 11) is 1.95. The van der Waals surface area contributed by atoms with Gasteiger partial charge in [0.15, 0.2) is 0 Å². The first-order valence-electron chi connectivity index (χ1n) is 17.0. The molecule has 39 heavy (non-hydrogen) atoms. The van der Waals surface area contributed by atoms with Crippen LogP contribution >= 0.6 is 11.6 Å². The van der Waals surface area contributed by atoms with Crippen LogP contribution in [0.5, 0.6) is 0 Å². The molecule has 0 bridgehead atoms. The Morgan fingerprint density at radius 1 is 0.897 bits per heavy atom. The molecule has 4 rings (SSSR count). The van der Waals surface area contributed by atoms with Crippen LogP contribution in [-0.2, 0) is 4.79 Å². The average Bonchev–Trinajstić information content (AvgIpc) is 3.15. The van der Waals surface area contributed by atoms with Gasteiger partial charge < -0.3 is 15.1 Å². The summed E-state index contributed by atoms with van der Waals surface area (Å²) in [5, 5.41) is 21.4. The molecule has 226 valence electrons. The van der Waals surface area contributed by atoms with Crippen LogP contribution in [-0.4, -0.2) is 52.2 Å². The van der Waals surface area contributed by atoms with Gasteiger partial charge in [-0.05, 0) is 98.7 Å². The highest BCUT2D eigenvalue weighted by molar-refractivity contribution is 6.21. The second-order valence-corrected chi connectivity index (χ2v) is 15.1. The Morgan fingerprint density at radius 3 is 2.31 bits per heavy atom. The lowest BCUT2D eigenvalue weighted by atomic mass is 9.47. The fraction of sp³-hybridized carbons (Fsp3) is 0.971. The molecule has 4 fully saturated rings. The van der Waals surface area contributed by atoms with Crippen molar-refractivity contribution in [1.82, 2.24) is 4.90 Å². The van der Waals surface area contributed by atoms with E-state index in [4.69, 9.17) is 11.6 Å². The highest BCUT2D eigenvalue weighted by atomic mass is 35.5. The number of amides is 1. The molecule has 4 aliphatic carbocycles. The number of alkyl halides is 1. The number of rotatable bonds is 14. The van der Waals surface area contributed by atoms with E-state index in [0.29, 0.717) is 24.2 Å². The number of fused-ring (bicyclic) bond motifs is 5. The smallest absolute Gasteiger partial charge is 0.222 e. The maximum atomic E-state index is 12.2. The van der Waals surface area contributed by atoms with Crippen molar-refractivity contribution in [3.8, 4) is 0 Å². The molecule has 6 unspecified atom stereocenters. The molecule has 0 aromatic rings. The predicted molar refractivity (Wildman–Crippen MR) is 162 cm³/mol. The second kappa shape index (κ2) is 14.7. The fourth-order valence-corrected chi connectivity index (χ4v) is 10.2. The zero-order valence-corrected chi connectivity index (χ0v) is 26.2. The molecule has 0 aromatic heterocycles. The van der Waals surface area contributed by atoms with Crippen molar-refractivity contribution in [2.24, 2.45) is 40.9 Å². The first-order valence-corrected chi connectivity index (χ1v) is 17.4. The van der Waals surface area contributed by atoms with Gasteiger partial charge in [0.05, 0.1) is 17.6 Å². The Balaban J connectivity index is 1.18. The highest BCUT2D eigenvalue weighted by Gasteiger charge is 2.61. The van der Waals surface area contributed by atoms with Gasteiger partial charge >= 0.3 is 0 Å². The summed E-state index contributed by atoms with van der Waals surface area (Å²) in [4.78, 5) is 14.1. The summed E-state index contributed by atoms with van der Waals surface area (Å²) in [6.07, 6.45) is 21.8. The minimum atomic E-state index is -0.350. The predicted octanol–water partition coefficient (Wildman–Crippen LogP) is 7.96. The van der Waals surface area contributed by atoms with E-state index in [-0.39, 0.29) is 23.0 Å². The molecule has 0 aliphatic heterocycles. The van der Waals surface area contributed by atoms with Crippen LogP contribution in [0, 0.1) is 40.9 Å². The molecule has 4 nitrogen and oxygen atoms in total. The molecule has 0 aromatic carbocycles. The third kappa shape index (κ3) is 7.56. The van der Waals surface area contributed by atoms with E-state index in [1.165, 1.54) is 70.6 Å². The summed E-state index contributed by atoms with van der Waals surface area (Å²) in [5.74, 6) is 4.64. The number of aliphatic hydroxyl groups is 2. The van der Waals surface area contributed by atoms with E-state index in [9.17, 15) is 15.0 Å². The first-order chi connectivity index (χ1) is 18.8. The Morgan fingerprint density at radius 2 is 1.59 bits per heavy atom. The van der Waals surface area contributed by atoms with Crippen molar-refractivity contribution in [3.05, 3.63) is 0 Å². The van der Waals surface area contributed by atoms with Crippen molar-refractivity contribution in [2.45, 2.75) is 153 Å². The van der Waals surface area contributed by atoms with Crippen molar-refractivity contribution in [2.75, 3.05) is 13.6 Å². The van der Waals surface area contributed by atoms with Crippen LogP contribution in [0.4, 0.5) is 0 Å². The zero-order valence-electron chi connectivity index (χ0n) is 25.5. The summed E-state index contributed by atoms with van der Waals surface area (Å²) in [6.45, 7) is 5.41. The minimum absolute atomic E-state index is 0.00237. The van der Waals surface area contributed by atoms with Crippen LogP contribution in [0.25, 0.3) is 0 Å². The van der Waals surface area contributed by atoms with E-state index in [1.807, 2.05) is 11.9 Å². The van der Waals surface area contributed by atoms with Gasteiger partial charge in [-0.2, -0.15) is 0 Å². The van der Waals surface area contributed by atoms with Gasteiger partial charge in [0.1, 0.15) is 0 Å². The van der Waals surface area contributed by atoms with Gasteiger partial charge in [-0.15, -0.1) is 11.6 Å². The summed E-state index contributed by atoms with van der Waals surface area (Å²) < 4.78 is 0. The largest absolute Gasteiger partial charge is 0.393 e. The quantitative estimate of drug-likeness (QED) is 0.166. The number of carbonyl (C=O) groups is 1. The normalized spacial score (nSPS) is 39.6. The van der Waals surface area contributed by atoms with Gasteiger partial charge in [0, 0.05) is 20.0 Å². The molecule has 0 spiro atoms. The van der Waals surface area contributed by atoms with Crippen LogP contribution < -0.4 is 0 Å². The highest BCUT2D eigenvalue weighted by Crippen LogP contribution is 2.65. The zero-order chi connectivity index (χ0) is 28.0. The van der Waals surface area contributed by atoms with Crippen LogP contribution in [0.3, 0.4) is 0 Å². The molecule has 0 heterocycles. The van der Waals surface area contributed by atoms with Gasteiger partial charge in [-0.1, -0.05) is 71.6 Å². The fourth-order valence-electron chi connectivity index (χ4n) is 9.76. The van der Waals surface area contributed by atoms with Crippen molar-refractivity contribution in [3.63, 3.8) is 0 Å². The number of hydrogen-bond donors (Lipinski definition) is 2. The number of halogens is 1. The molecule has 0 saturated heterocycles. The molecule has 5 heteroatoms. The minimum Gasteiger partial charge on any atom is -0.393 e. The average molecular weight is 566 g/mol. The SMILES string of the molecule is CCCCN(C)C(=O)CCCCCCCCCC[C@@H]1CC2CC(O)CCC2C2CC[C@@]3(C)C(C[C@@H](Cl)[C@@H]3O)C21. The summed E-state index contributed by atoms with van der Waals surface area (Å²) >= 11 is 6.72. The number of unbranched alkanes of at least 4 members (excludes halogenated alkanes) is 8. The second-order valence-electron chi connectivity index (χ2n) is 14.5. The number of hydrogen-bond acceptors (Lipinski definition) is 3. The van der Waals surface area contributed by atoms with Crippen molar-refractivity contribution < 1.29 is 15.0 Å².